The standard InChI is InChI=1S/C13H26N4O2/c1-4-12(18)16-7-5-14-6-8-17(10-9-16)13(19)11-15(2)3/h14H,4-11H2,1-3H3. The van der Waals surface area contributed by atoms with Gasteiger partial charge in [-0.25, -0.2) is 0 Å². The minimum Gasteiger partial charge on any atom is -0.340 e. The van der Waals surface area contributed by atoms with Crippen LogP contribution >= 0.6 is 0 Å². The first-order chi connectivity index (χ1) is 9.04. The van der Waals surface area contributed by atoms with Crippen molar-refractivity contribution in [3.8, 4) is 0 Å². The van der Waals surface area contributed by atoms with E-state index in [9.17, 15) is 9.59 Å². The van der Waals surface area contributed by atoms with Crippen LogP contribution < -0.4 is 5.32 Å². The molecule has 6 heteroatoms. The fraction of sp³-hybridized carbons (Fsp3) is 0.846. The Labute approximate surface area is 115 Å². The molecule has 0 radical (unpaired) electrons. The SMILES string of the molecule is CCC(=O)N1CCNCCN(C(=O)CN(C)C)CC1. The van der Waals surface area contributed by atoms with Crippen molar-refractivity contribution in [2.24, 2.45) is 0 Å². The summed E-state index contributed by atoms with van der Waals surface area (Å²) in [5.74, 6) is 0.279. The quantitative estimate of drug-likeness (QED) is 0.731. The van der Waals surface area contributed by atoms with E-state index in [1.165, 1.54) is 0 Å². The Morgan fingerprint density at radius 2 is 1.53 bits per heavy atom. The fourth-order valence-electron chi connectivity index (χ4n) is 2.11. The van der Waals surface area contributed by atoms with E-state index < -0.39 is 0 Å². The molecule has 19 heavy (non-hydrogen) atoms. The molecular formula is C13H26N4O2. The number of carbonyl (C=O) groups is 2. The maximum atomic E-state index is 12.1. The Hall–Kier alpha value is -1.14. The highest BCUT2D eigenvalue weighted by Crippen LogP contribution is 1.99. The van der Waals surface area contributed by atoms with Crippen molar-refractivity contribution < 1.29 is 9.59 Å². The van der Waals surface area contributed by atoms with Gasteiger partial charge in [0.2, 0.25) is 11.8 Å². The molecular weight excluding hydrogens is 244 g/mol. The molecule has 1 aliphatic rings. The first-order valence-corrected chi connectivity index (χ1v) is 6.95. The number of nitrogens with one attached hydrogen (secondary N) is 1. The number of nitrogens with zero attached hydrogens (tertiary/aromatic N) is 3. The van der Waals surface area contributed by atoms with Gasteiger partial charge in [0.05, 0.1) is 6.54 Å². The van der Waals surface area contributed by atoms with Crippen LogP contribution in [0.1, 0.15) is 13.3 Å². The number of hydrogen-bond acceptors (Lipinski definition) is 4. The van der Waals surface area contributed by atoms with Gasteiger partial charge in [0.25, 0.3) is 0 Å². The van der Waals surface area contributed by atoms with E-state index in [-0.39, 0.29) is 11.8 Å². The van der Waals surface area contributed by atoms with Crippen LogP contribution in [0.5, 0.6) is 0 Å². The fourth-order valence-corrected chi connectivity index (χ4v) is 2.11. The van der Waals surface area contributed by atoms with Gasteiger partial charge in [-0.3, -0.25) is 9.59 Å². The molecule has 1 aliphatic heterocycles. The maximum Gasteiger partial charge on any atom is 0.236 e. The largest absolute Gasteiger partial charge is 0.340 e. The smallest absolute Gasteiger partial charge is 0.236 e. The Morgan fingerprint density at radius 1 is 1.00 bits per heavy atom. The molecule has 0 aromatic heterocycles. The van der Waals surface area contributed by atoms with E-state index in [1.54, 1.807) is 0 Å². The molecule has 1 saturated heterocycles. The van der Waals surface area contributed by atoms with Crippen molar-refractivity contribution in [1.29, 1.82) is 0 Å². The van der Waals surface area contributed by atoms with Crippen LogP contribution in [0, 0.1) is 0 Å². The highest BCUT2D eigenvalue weighted by atomic mass is 16.2. The summed E-state index contributed by atoms with van der Waals surface area (Å²) in [5.41, 5.74) is 0. The van der Waals surface area contributed by atoms with Crippen LogP contribution in [-0.2, 0) is 9.59 Å². The zero-order valence-electron chi connectivity index (χ0n) is 12.3. The summed E-state index contributed by atoms with van der Waals surface area (Å²) < 4.78 is 0. The van der Waals surface area contributed by atoms with Gasteiger partial charge in [-0.05, 0) is 14.1 Å². The zero-order valence-corrected chi connectivity index (χ0v) is 12.3. The Kier molecular flexibility index (Phi) is 6.80. The molecule has 2 amide bonds. The van der Waals surface area contributed by atoms with E-state index in [2.05, 4.69) is 5.32 Å². The minimum atomic E-state index is 0.123. The Morgan fingerprint density at radius 3 is 2.00 bits per heavy atom. The Balaban J connectivity index is 2.58. The second-order valence-electron chi connectivity index (χ2n) is 5.10. The summed E-state index contributed by atoms with van der Waals surface area (Å²) in [4.78, 5) is 29.4. The summed E-state index contributed by atoms with van der Waals surface area (Å²) in [6.45, 7) is 6.56. The molecule has 1 fully saturated rings. The normalized spacial score (nSPS) is 17.9. The van der Waals surface area contributed by atoms with E-state index in [0.29, 0.717) is 32.6 Å². The molecule has 0 spiro atoms. The van der Waals surface area contributed by atoms with Crippen molar-refractivity contribution in [3.63, 3.8) is 0 Å². The topological polar surface area (TPSA) is 55.9 Å². The lowest BCUT2D eigenvalue weighted by Crippen LogP contribution is -2.44. The highest BCUT2D eigenvalue weighted by molar-refractivity contribution is 5.78. The van der Waals surface area contributed by atoms with Crippen LogP contribution in [0.2, 0.25) is 0 Å². The molecule has 0 unspecified atom stereocenters. The van der Waals surface area contributed by atoms with Gasteiger partial charge in [0.15, 0.2) is 0 Å². The first kappa shape index (κ1) is 15.9. The summed E-state index contributed by atoms with van der Waals surface area (Å²) in [7, 11) is 3.78. The van der Waals surface area contributed by atoms with Crippen LogP contribution in [0.15, 0.2) is 0 Å². The molecule has 0 bridgehead atoms. The molecule has 1 heterocycles. The highest BCUT2D eigenvalue weighted by Gasteiger charge is 2.18. The molecule has 0 aromatic rings. The summed E-state index contributed by atoms with van der Waals surface area (Å²) in [6, 6.07) is 0. The lowest BCUT2D eigenvalue weighted by atomic mass is 10.3. The minimum absolute atomic E-state index is 0.123. The third kappa shape index (κ3) is 5.57. The number of amides is 2. The summed E-state index contributed by atoms with van der Waals surface area (Å²) >= 11 is 0. The third-order valence-electron chi connectivity index (χ3n) is 3.22. The number of likely N-dealkylation sites (N-methyl/N-ethyl adjacent to an activating group) is 1. The summed E-state index contributed by atoms with van der Waals surface area (Å²) in [6.07, 6.45) is 0.519. The molecule has 0 atom stereocenters. The average Bonchev–Trinajstić information content (AvgIpc) is 2.48. The maximum absolute atomic E-state index is 12.1. The zero-order chi connectivity index (χ0) is 14.3. The van der Waals surface area contributed by atoms with Crippen molar-refractivity contribution >= 4 is 11.8 Å². The van der Waals surface area contributed by atoms with Crippen LogP contribution in [0.4, 0.5) is 0 Å². The van der Waals surface area contributed by atoms with Crippen LogP contribution in [0.25, 0.3) is 0 Å². The average molecular weight is 270 g/mol. The molecule has 0 aliphatic carbocycles. The van der Waals surface area contributed by atoms with Crippen molar-refractivity contribution in [3.05, 3.63) is 0 Å². The second-order valence-corrected chi connectivity index (χ2v) is 5.10. The van der Waals surface area contributed by atoms with Gasteiger partial charge in [-0.1, -0.05) is 6.92 Å². The lowest BCUT2D eigenvalue weighted by molar-refractivity contribution is -0.135. The van der Waals surface area contributed by atoms with Gasteiger partial charge in [-0.15, -0.1) is 0 Å². The number of hydrogen-bond donors (Lipinski definition) is 1. The Bertz CT molecular complexity index is 307. The predicted octanol–water partition coefficient (Wildman–Crippen LogP) is -0.782. The lowest BCUT2D eigenvalue weighted by Gasteiger charge is -2.26. The van der Waals surface area contributed by atoms with Gasteiger partial charge in [0.1, 0.15) is 0 Å². The van der Waals surface area contributed by atoms with Crippen molar-refractivity contribution in [1.82, 2.24) is 20.0 Å². The number of carbonyl (C=O) groups excluding carboxylic acids is 2. The van der Waals surface area contributed by atoms with Crippen molar-refractivity contribution in [2.75, 3.05) is 59.9 Å². The monoisotopic (exact) mass is 270 g/mol. The molecule has 1 rings (SSSR count). The predicted molar refractivity (Wildman–Crippen MR) is 74.9 cm³/mol. The van der Waals surface area contributed by atoms with Crippen LogP contribution in [-0.4, -0.2) is 86.4 Å². The number of rotatable bonds is 3. The van der Waals surface area contributed by atoms with E-state index in [1.807, 2.05) is 35.7 Å². The summed E-state index contributed by atoms with van der Waals surface area (Å²) in [5, 5.41) is 3.27. The van der Waals surface area contributed by atoms with E-state index in [4.69, 9.17) is 0 Å². The molecule has 0 aromatic carbocycles. The van der Waals surface area contributed by atoms with Crippen molar-refractivity contribution in [2.45, 2.75) is 13.3 Å². The van der Waals surface area contributed by atoms with Gasteiger partial charge < -0.3 is 20.0 Å². The van der Waals surface area contributed by atoms with Crippen LogP contribution in [0.3, 0.4) is 0 Å². The molecule has 110 valence electrons. The van der Waals surface area contributed by atoms with Gasteiger partial charge >= 0.3 is 0 Å². The van der Waals surface area contributed by atoms with Gasteiger partial charge in [-0.2, -0.15) is 0 Å². The molecule has 0 saturated carbocycles. The van der Waals surface area contributed by atoms with E-state index >= 15 is 0 Å². The molecule has 1 N–H and O–H groups in total. The second kappa shape index (κ2) is 8.12. The molecule has 6 nitrogen and oxygen atoms in total. The third-order valence-corrected chi connectivity index (χ3v) is 3.22. The van der Waals surface area contributed by atoms with Gasteiger partial charge in [0, 0.05) is 45.7 Å². The first-order valence-electron chi connectivity index (χ1n) is 6.95. The van der Waals surface area contributed by atoms with E-state index in [0.717, 1.165) is 19.6 Å².